The summed E-state index contributed by atoms with van der Waals surface area (Å²) in [6.07, 6.45) is 2.10. The summed E-state index contributed by atoms with van der Waals surface area (Å²) in [5.74, 6) is -0.216. The van der Waals surface area contributed by atoms with Gasteiger partial charge in [0.25, 0.3) is 5.56 Å². The molecule has 4 aromatic rings. The minimum absolute atomic E-state index is 0.0461. The Labute approximate surface area is 159 Å². The van der Waals surface area contributed by atoms with E-state index in [0.717, 1.165) is 20.8 Å². The van der Waals surface area contributed by atoms with Crippen molar-refractivity contribution < 1.29 is 4.79 Å². The van der Waals surface area contributed by atoms with Crippen LogP contribution >= 0.6 is 11.3 Å². The van der Waals surface area contributed by atoms with E-state index in [4.69, 9.17) is 0 Å². The fourth-order valence-corrected chi connectivity index (χ4v) is 3.96. The Morgan fingerprint density at radius 3 is 2.89 bits per heavy atom. The van der Waals surface area contributed by atoms with Gasteiger partial charge in [0.15, 0.2) is 0 Å². The fraction of sp³-hybridized carbons (Fsp3) is 0.200. The van der Waals surface area contributed by atoms with E-state index in [2.05, 4.69) is 15.3 Å². The standard InChI is InChI=1S/C20H18N4O2S/c1-13-5-4-6-14-19(13)22-12-24(20(14)26)11-17(25)21-10-9-18-23-15-7-2-3-8-16(15)27-18/h2-8,12H,9-11H2,1H3,(H,21,25). The zero-order valence-corrected chi connectivity index (χ0v) is 15.6. The predicted molar refractivity (Wildman–Crippen MR) is 107 cm³/mol. The lowest BCUT2D eigenvalue weighted by molar-refractivity contribution is -0.121. The molecule has 4 rings (SSSR count). The van der Waals surface area contributed by atoms with E-state index < -0.39 is 0 Å². The van der Waals surface area contributed by atoms with E-state index in [1.807, 2.05) is 43.3 Å². The van der Waals surface area contributed by atoms with Crippen LogP contribution in [0.5, 0.6) is 0 Å². The maximum atomic E-state index is 12.5. The van der Waals surface area contributed by atoms with Crippen LogP contribution in [0.25, 0.3) is 21.1 Å². The number of hydrogen-bond acceptors (Lipinski definition) is 5. The number of amides is 1. The number of hydrogen-bond donors (Lipinski definition) is 1. The van der Waals surface area contributed by atoms with Crippen LogP contribution in [0.1, 0.15) is 10.6 Å². The highest BCUT2D eigenvalue weighted by atomic mass is 32.1. The molecule has 0 saturated heterocycles. The molecular formula is C20H18N4O2S. The van der Waals surface area contributed by atoms with Crippen molar-refractivity contribution in [3.8, 4) is 0 Å². The van der Waals surface area contributed by atoms with Crippen LogP contribution in [0.15, 0.2) is 53.6 Å². The van der Waals surface area contributed by atoms with Crippen LogP contribution < -0.4 is 10.9 Å². The summed E-state index contributed by atoms with van der Waals surface area (Å²) in [7, 11) is 0. The molecule has 0 spiro atoms. The Morgan fingerprint density at radius 2 is 2.04 bits per heavy atom. The number of nitrogens with one attached hydrogen (secondary N) is 1. The van der Waals surface area contributed by atoms with Gasteiger partial charge in [-0.05, 0) is 30.7 Å². The Bertz CT molecular complexity index is 1160. The molecule has 2 aromatic carbocycles. The molecule has 0 fully saturated rings. The molecule has 2 aromatic heterocycles. The van der Waals surface area contributed by atoms with Crippen LogP contribution in [0.4, 0.5) is 0 Å². The van der Waals surface area contributed by atoms with Crippen molar-refractivity contribution in [1.29, 1.82) is 0 Å². The maximum Gasteiger partial charge on any atom is 0.261 e. The average molecular weight is 378 g/mol. The number of para-hydroxylation sites is 2. The van der Waals surface area contributed by atoms with Gasteiger partial charge >= 0.3 is 0 Å². The number of rotatable bonds is 5. The number of fused-ring (bicyclic) bond motifs is 2. The van der Waals surface area contributed by atoms with E-state index >= 15 is 0 Å². The monoisotopic (exact) mass is 378 g/mol. The molecule has 27 heavy (non-hydrogen) atoms. The lowest BCUT2D eigenvalue weighted by atomic mass is 10.1. The summed E-state index contributed by atoms with van der Waals surface area (Å²) in [6.45, 7) is 2.34. The summed E-state index contributed by atoms with van der Waals surface area (Å²) < 4.78 is 2.48. The van der Waals surface area contributed by atoms with Crippen molar-refractivity contribution in [2.24, 2.45) is 0 Å². The SMILES string of the molecule is Cc1cccc2c(=O)n(CC(=O)NCCc3nc4ccccc4s3)cnc12. The van der Waals surface area contributed by atoms with Gasteiger partial charge in [-0.2, -0.15) is 0 Å². The van der Waals surface area contributed by atoms with E-state index in [9.17, 15) is 9.59 Å². The van der Waals surface area contributed by atoms with Crippen LogP contribution in [0.2, 0.25) is 0 Å². The van der Waals surface area contributed by atoms with Gasteiger partial charge in [0.1, 0.15) is 6.54 Å². The van der Waals surface area contributed by atoms with Crippen molar-refractivity contribution in [2.45, 2.75) is 19.9 Å². The topological polar surface area (TPSA) is 76.9 Å². The highest BCUT2D eigenvalue weighted by Crippen LogP contribution is 2.21. The molecular weight excluding hydrogens is 360 g/mol. The second kappa shape index (κ2) is 7.28. The first-order valence-corrected chi connectivity index (χ1v) is 9.49. The number of aromatic nitrogens is 3. The van der Waals surface area contributed by atoms with E-state index in [1.165, 1.54) is 10.9 Å². The van der Waals surface area contributed by atoms with Gasteiger partial charge in [0.2, 0.25) is 5.91 Å². The fourth-order valence-electron chi connectivity index (χ4n) is 3.00. The first-order chi connectivity index (χ1) is 13.1. The quantitative estimate of drug-likeness (QED) is 0.579. The number of benzene rings is 2. The molecule has 136 valence electrons. The second-order valence-corrected chi connectivity index (χ2v) is 7.44. The zero-order valence-electron chi connectivity index (χ0n) is 14.8. The van der Waals surface area contributed by atoms with E-state index in [1.54, 1.807) is 17.4 Å². The molecule has 1 amide bonds. The van der Waals surface area contributed by atoms with Crippen molar-refractivity contribution >= 4 is 38.4 Å². The summed E-state index contributed by atoms with van der Waals surface area (Å²) >= 11 is 1.63. The average Bonchev–Trinajstić information content (AvgIpc) is 3.07. The van der Waals surface area contributed by atoms with Gasteiger partial charge in [-0.1, -0.05) is 24.3 Å². The first kappa shape index (κ1) is 17.4. The number of aryl methyl sites for hydroxylation is 1. The number of carbonyl (C=O) groups is 1. The Balaban J connectivity index is 1.40. The van der Waals surface area contributed by atoms with Crippen LogP contribution in [0.3, 0.4) is 0 Å². The first-order valence-electron chi connectivity index (χ1n) is 8.68. The number of nitrogens with zero attached hydrogens (tertiary/aromatic N) is 3. The van der Waals surface area contributed by atoms with Crippen LogP contribution in [0, 0.1) is 6.92 Å². The highest BCUT2D eigenvalue weighted by Gasteiger charge is 2.09. The highest BCUT2D eigenvalue weighted by molar-refractivity contribution is 7.18. The molecule has 0 saturated carbocycles. The minimum atomic E-state index is -0.216. The van der Waals surface area contributed by atoms with Crippen molar-refractivity contribution in [3.63, 3.8) is 0 Å². The third kappa shape index (κ3) is 3.59. The van der Waals surface area contributed by atoms with Gasteiger partial charge < -0.3 is 5.32 Å². The van der Waals surface area contributed by atoms with E-state index in [-0.39, 0.29) is 18.0 Å². The Morgan fingerprint density at radius 1 is 1.19 bits per heavy atom. The van der Waals surface area contributed by atoms with Gasteiger partial charge in [-0.3, -0.25) is 14.2 Å². The molecule has 0 unspecified atom stereocenters. The van der Waals surface area contributed by atoms with Crippen molar-refractivity contribution in [3.05, 3.63) is 69.7 Å². The third-order valence-electron chi connectivity index (χ3n) is 4.37. The molecule has 7 heteroatoms. The van der Waals surface area contributed by atoms with Gasteiger partial charge in [-0.25, -0.2) is 9.97 Å². The lowest BCUT2D eigenvalue weighted by Crippen LogP contribution is -2.33. The van der Waals surface area contributed by atoms with Gasteiger partial charge in [0.05, 0.1) is 32.5 Å². The zero-order chi connectivity index (χ0) is 18.8. The third-order valence-corrected chi connectivity index (χ3v) is 5.46. The lowest BCUT2D eigenvalue weighted by Gasteiger charge is -2.08. The molecule has 6 nitrogen and oxygen atoms in total. The van der Waals surface area contributed by atoms with Crippen molar-refractivity contribution in [2.75, 3.05) is 6.54 Å². The van der Waals surface area contributed by atoms with Crippen molar-refractivity contribution in [1.82, 2.24) is 19.9 Å². The number of carbonyl (C=O) groups excluding carboxylic acids is 1. The molecule has 0 aliphatic carbocycles. The molecule has 1 N–H and O–H groups in total. The number of thiazole rings is 1. The van der Waals surface area contributed by atoms with E-state index in [0.29, 0.717) is 23.9 Å². The molecule has 0 radical (unpaired) electrons. The largest absolute Gasteiger partial charge is 0.354 e. The summed E-state index contributed by atoms with van der Waals surface area (Å²) in [5, 5.41) is 4.36. The molecule has 0 aliphatic heterocycles. The molecule has 0 atom stereocenters. The smallest absolute Gasteiger partial charge is 0.261 e. The molecule has 2 heterocycles. The second-order valence-electron chi connectivity index (χ2n) is 6.32. The van der Waals surface area contributed by atoms with Gasteiger partial charge in [0, 0.05) is 13.0 Å². The van der Waals surface area contributed by atoms with Gasteiger partial charge in [-0.15, -0.1) is 11.3 Å². The van der Waals surface area contributed by atoms with Crippen LogP contribution in [-0.2, 0) is 17.8 Å². The summed E-state index contributed by atoms with van der Waals surface area (Å²) in [6, 6.07) is 13.4. The predicted octanol–water partition coefficient (Wildman–Crippen LogP) is 2.67. The molecule has 0 bridgehead atoms. The minimum Gasteiger partial charge on any atom is -0.354 e. The Kier molecular flexibility index (Phi) is 4.68. The Hall–Kier alpha value is -3.06. The molecule has 0 aliphatic rings. The summed E-state index contributed by atoms with van der Waals surface area (Å²) in [4.78, 5) is 33.6. The summed E-state index contributed by atoms with van der Waals surface area (Å²) in [5.41, 5.74) is 2.39. The normalized spacial score (nSPS) is 11.1. The maximum absolute atomic E-state index is 12.5. The van der Waals surface area contributed by atoms with Crippen LogP contribution in [-0.4, -0.2) is 27.0 Å².